The van der Waals surface area contributed by atoms with Gasteiger partial charge in [-0.2, -0.15) is 18.3 Å². The van der Waals surface area contributed by atoms with Crippen LogP contribution in [0.2, 0.25) is 0 Å². The molecule has 0 spiro atoms. The highest BCUT2D eigenvalue weighted by atomic mass is 32.1. The molecule has 0 radical (unpaired) electrons. The Morgan fingerprint density at radius 1 is 1.35 bits per heavy atom. The second-order valence-electron chi connectivity index (χ2n) is 5.41. The van der Waals surface area contributed by atoms with E-state index in [0.717, 1.165) is 37.4 Å². The van der Waals surface area contributed by atoms with Crippen LogP contribution in [0.1, 0.15) is 44.9 Å². The molecule has 2 aromatic rings. The van der Waals surface area contributed by atoms with Crippen molar-refractivity contribution >= 4 is 17.3 Å². The number of esters is 1. The minimum Gasteiger partial charge on any atom is -0.462 e. The fraction of sp³-hybridized carbons (Fsp3) is 0.467. The maximum Gasteiger partial charge on any atom is 0.433 e. The zero-order valence-corrected chi connectivity index (χ0v) is 13.0. The second-order valence-corrected chi connectivity index (χ2v) is 6.38. The number of nitrogens with one attached hydrogen (secondary N) is 1. The van der Waals surface area contributed by atoms with E-state index in [0.29, 0.717) is 5.56 Å². The zero-order chi connectivity index (χ0) is 16.4. The third kappa shape index (κ3) is 3.41. The van der Waals surface area contributed by atoms with Gasteiger partial charge in [0.2, 0.25) is 0 Å². The number of nitrogens with zero attached hydrogens (tertiary/aromatic N) is 1. The fourth-order valence-electron chi connectivity index (χ4n) is 2.74. The number of carbonyl (C=O) groups excluding carboxylic acids is 1. The largest absolute Gasteiger partial charge is 0.462 e. The highest BCUT2D eigenvalue weighted by Gasteiger charge is 2.35. The predicted molar refractivity (Wildman–Crippen MR) is 78.5 cm³/mol. The van der Waals surface area contributed by atoms with Gasteiger partial charge >= 0.3 is 12.1 Å². The van der Waals surface area contributed by atoms with Crippen molar-refractivity contribution in [3.05, 3.63) is 38.8 Å². The Balaban J connectivity index is 1.60. The van der Waals surface area contributed by atoms with Crippen LogP contribution < -0.4 is 0 Å². The van der Waals surface area contributed by atoms with Gasteiger partial charge in [0.15, 0.2) is 0 Å². The molecule has 2 heterocycles. The molecule has 0 aliphatic heterocycles. The summed E-state index contributed by atoms with van der Waals surface area (Å²) in [5.74, 6) is -0.457. The lowest BCUT2D eigenvalue weighted by Crippen LogP contribution is -2.13. The molecular weight excluding hydrogens is 329 g/mol. The predicted octanol–water partition coefficient (Wildman–Crippen LogP) is 3.77. The minimum atomic E-state index is -4.48. The molecule has 23 heavy (non-hydrogen) atoms. The number of carbonyl (C=O) groups is 1. The lowest BCUT2D eigenvalue weighted by atomic mass is 9.96. The summed E-state index contributed by atoms with van der Waals surface area (Å²) in [6, 6.07) is 0. The fourth-order valence-corrected chi connectivity index (χ4v) is 3.86. The summed E-state index contributed by atoms with van der Waals surface area (Å²) in [6.07, 6.45) is 0.631. The third-order valence-corrected chi connectivity index (χ3v) is 4.98. The van der Waals surface area contributed by atoms with Crippen molar-refractivity contribution in [3.8, 4) is 0 Å². The highest BCUT2D eigenvalue weighted by Crippen LogP contribution is 2.31. The van der Waals surface area contributed by atoms with Crippen molar-refractivity contribution in [2.45, 2.75) is 38.3 Å². The number of fused-ring (bicyclic) bond motifs is 1. The number of thiophene rings is 1. The Kier molecular flexibility index (Phi) is 4.43. The average molecular weight is 344 g/mol. The number of aromatic nitrogens is 2. The maximum atomic E-state index is 12.7. The van der Waals surface area contributed by atoms with Gasteiger partial charge < -0.3 is 4.74 Å². The first-order valence-electron chi connectivity index (χ1n) is 7.32. The summed E-state index contributed by atoms with van der Waals surface area (Å²) >= 11 is 1.55. The standard InChI is InChI=1S/C15H15F3N2O2S/c16-15(17,18)13-9(7-19-20-13)5-6-22-14(21)11-8-23-12-4-2-1-3-10(11)12/h7-8H,1-6H2,(H,19,20). The summed E-state index contributed by atoms with van der Waals surface area (Å²) < 4.78 is 43.3. The van der Waals surface area contributed by atoms with Crippen LogP contribution in [0.25, 0.3) is 0 Å². The molecule has 4 nitrogen and oxygen atoms in total. The van der Waals surface area contributed by atoms with E-state index in [1.807, 2.05) is 5.10 Å². The summed E-state index contributed by atoms with van der Waals surface area (Å²) in [6.45, 7) is -0.105. The Morgan fingerprint density at radius 3 is 2.91 bits per heavy atom. The number of halogens is 3. The SMILES string of the molecule is O=C(OCCc1cn[nH]c1C(F)(F)F)c1csc2c1CCCC2. The number of ether oxygens (including phenoxy) is 1. The molecule has 1 N–H and O–H groups in total. The number of hydrogen-bond donors (Lipinski definition) is 1. The van der Waals surface area contributed by atoms with E-state index in [9.17, 15) is 18.0 Å². The molecule has 3 rings (SSSR count). The monoisotopic (exact) mass is 344 g/mol. The highest BCUT2D eigenvalue weighted by molar-refractivity contribution is 7.10. The number of H-pyrrole nitrogens is 1. The lowest BCUT2D eigenvalue weighted by Gasteiger charge is -2.12. The number of rotatable bonds is 4. The van der Waals surface area contributed by atoms with E-state index in [2.05, 4.69) is 5.10 Å². The number of aromatic amines is 1. The van der Waals surface area contributed by atoms with Crippen LogP contribution >= 0.6 is 11.3 Å². The van der Waals surface area contributed by atoms with Gasteiger partial charge in [-0.05, 0) is 31.2 Å². The number of hydrogen-bond acceptors (Lipinski definition) is 4. The van der Waals surface area contributed by atoms with Crippen LogP contribution in [-0.2, 0) is 30.2 Å². The Bertz CT molecular complexity index is 706. The van der Waals surface area contributed by atoms with Crippen molar-refractivity contribution in [1.82, 2.24) is 10.2 Å². The van der Waals surface area contributed by atoms with Gasteiger partial charge in [0, 0.05) is 22.2 Å². The van der Waals surface area contributed by atoms with Crippen LogP contribution in [-0.4, -0.2) is 22.8 Å². The molecule has 0 unspecified atom stereocenters. The molecule has 0 amide bonds. The Morgan fingerprint density at radius 2 is 2.13 bits per heavy atom. The van der Waals surface area contributed by atoms with Gasteiger partial charge in [0.05, 0.1) is 18.4 Å². The third-order valence-electron chi connectivity index (χ3n) is 3.89. The molecule has 2 aromatic heterocycles. The van der Waals surface area contributed by atoms with Crippen molar-refractivity contribution in [3.63, 3.8) is 0 Å². The Hall–Kier alpha value is -1.83. The molecule has 8 heteroatoms. The quantitative estimate of drug-likeness (QED) is 0.859. The van der Waals surface area contributed by atoms with Crippen LogP contribution in [0.3, 0.4) is 0 Å². The van der Waals surface area contributed by atoms with Gasteiger partial charge in [-0.25, -0.2) is 4.79 Å². The normalized spacial score (nSPS) is 14.6. The van der Waals surface area contributed by atoms with E-state index in [1.54, 1.807) is 16.7 Å². The van der Waals surface area contributed by atoms with Crippen LogP contribution in [0.5, 0.6) is 0 Å². The molecule has 0 fully saturated rings. The minimum absolute atomic E-state index is 0.00218. The van der Waals surface area contributed by atoms with Crippen molar-refractivity contribution in [2.24, 2.45) is 0 Å². The molecule has 1 aliphatic carbocycles. The maximum absolute atomic E-state index is 12.7. The average Bonchev–Trinajstić information content (AvgIpc) is 3.13. The smallest absolute Gasteiger partial charge is 0.433 e. The van der Waals surface area contributed by atoms with Gasteiger partial charge in [0.25, 0.3) is 0 Å². The number of aryl methyl sites for hydroxylation is 1. The van der Waals surface area contributed by atoms with Crippen LogP contribution in [0.15, 0.2) is 11.6 Å². The van der Waals surface area contributed by atoms with E-state index in [4.69, 9.17) is 4.74 Å². The molecule has 0 atom stereocenters. The van der Waals surface area contributed by atoms with Gasteiger partial charge in [-0.3, -0.25) is 5.10 Å². The van der Waals surface area contributed by atoms with E-state index >= 15 is 0 Å². The first-order chi connectivity index (χ1) is 11.0. The van der Waals surface area contributed by atoms with Gasteiger partial charge in [-0.1, -0.05) is 0 Å². The summed E-state index contributed by atoms with van der Waals surface area (Å²) in [7, 11) is 0. The Labute approximate surface area is 134 Å². The molecule has 1 aliphatic rings. The molecule has 0 aromatic carbocycles. The van der Waals surface area contributed by atoms with E-state index in [1.165, 1.54) is 4.88 Å². The zero-order valence-electron chi connectivity index (χ0n) is 12.2. The van der Waals surface area contributed by atoms with Crippen molar-refractivity contribution < 1.29 is 22.7 Å². The molecule has 0 saturated heterocycles. The first-order valence-corrected chi connectivity index (χ1v) is 8.20. The summed E-state index contributed by atoms with van der Waals surface area (Å²) in [4.78, 5) is 13.3. The molecule has 124 valence electrons. The summed E-state index contributed by atoms with van der Waals surface area (Å²) in [5.41, 5.74) is 0.720. The lowest BCUT2D eigenvalue weighted by molar-refractivity contribution is -0.141. The van der Waals surface area contributed by atoms with Gasteiger partial charge in [-0.15, -0.1) is 11.3 Å². The summed E-state index contributed by atoms with van der Waals surface area (Å²) in [5, 5.41) is 7.14. The van der Waals surface area contributed by atoms with Gasteiger partial charge in [0.1, 0.15) is 5.69 Å². The number of alkyl halides is 3. The van der Waals surface area contributed by atoms with Crippen LogP contribution in [0, 0.1) is 0 Å². The second kappa shape index (κ2) is 6.35. The topological polar surface area (TPSA) is 55.0 Å². The molecular formula is C15H15F3N2O2S. The van der Waals surface area contributed by atoms with E-state index in [-0.39, 0.29) is 18.6 Å². The van der Waals surface area contributed by atoms with E-state index < -0.39 is 17.8 Å². The molecule has 0 saturated carbocycles. The van der Waals surface area contributed by atoms with Crippen LogP contribution in [0.4, 0.5) is 13.2 Å². The van der Waals surface area contributed by atoms with Crippen molar-refractivity contribution in [1.29, 1.82) is 0 Å². The first kappa shape index (κ1) is 16.0. The molecule has 0 bridgehead atoms. The van der Waals surface area contributed by atoms with Crippen molar-refractivity contribution in [2.75, 3.05) is 6.61 Å².